The molecule has 1 aliphatic heterocycles. The first-order chi connectivity index (χ1) is 15.1. The summed E-state index contributed by atoms with van der Waals surface area (Å²) in [6.45, 7) is 0. The van der Waals surface area contributed by atoms with Crippen LogP contribution < -0.4 is 21.9 Å². The third-order valence-electron chi connectivity index (χ3n) is 4.92. The molecule has 12 heteroatoms. The first kappa shape index (κ1) is 21.0. The van der Waals surface area contributed by atoms with Crippen molar-refractivity contribution >= 4 is 17.6 Å². The van der Waals surface area contributed by atoms with Crippen LogP contribution in [0.3, 0.4) is 0 Å². The van der Waals surface area contributed by atoms with Crippen LogP contribution in [-0.4, -0.2) is 27.5 Å². The highest BCUT2D eigenvalue weighted by Crippen LogP contribution is 2.45. The molecule has 2 aromatic carbocycles. The standard InChI is InChI=1S/C20H12F4N4O4/c21-12-9-5-4-8-11(12)15(29)27-19(20(22,23)24)13-14(25-17(19)31)28(18(32)26-16(13)30)10-6-2-1-3-7-10/h1-9H,(H,25,31)(H,27,29)(H,26,30,32)/t19-/m0/s1. The molecule has 0 saturated heterocycles. The van der Waals surface area contributed by atoms with Crippen LogP contribution >= 0.6 is 0 Å². The van der Waals surface area contributed by atoms with Gasteiger partial charge in [-0.05, 0) is 24.3 Å². The molecule has 0 saturated carbocycles. The van der Waals surface area contributed by atoms with E-state index >= 15 is 0 Å². The van der Waals surface area contributed by atoms with Crippen molar-refractivity contribution in [2.75, 3.05) is 5.32 Å². The van der Waals surface area contributed by atoms with E-state index in [1.807, 2.05) is 5.32 Å². The second-order valence-corrected chi connectivity index (χ2v) is 6.79. The van der Waals surface area contributed by atoms with Gasteiger partial charge in [-0.2, -0.15) is 13.2 Å². The number of fused-ring (bicyclic) bond motifs is 1. The van der Waals surface area contributed by atoms with Crippen LogP contribution in [0.1, 0.15) is 15.9 Å². The number of carbonyl (C=O) groups excluding carboxylic acids is 2. The van der Waals surface area contributed by atoms with Crippen molar-refractivity contribution in [3.05, 3.63) is 92.4 Å². The molecule has 1 atom stereocenters. The fourth-order valence-electron chi connectivity index (χ4n) is 3.48. The molecule has 1 aliphatic rings. The third kappa shape index (κ3) is 2.99. The third-order valence-corrected chi connectivity index (χ3v) is 4.92. The van der Waals surface area contributed by atoms with Crippen LogP contribution in [0.2, 0.25) is 0 Å². The molecule has 3 aromatic rings. The molecule has 0 bridgehead atoms. The van der Waals surface area contributed by atoms with Gasteiger partial charge in [-0.1, -0.05) is 30.3 Å². The maximum atomic E-state index is 14.3. The lowest BCUT2D eigenvalue weighted by Gasteiger charge is -2.30. The Bertz CT molecular complexity index is 1360. The predicted octanol–water partition coefficient (Wildman–Crippen LogP) is 1.80. The molecule has 0 fully saturated rings. The Morgan fingerprint density at radius 3 is 2.22 bits per heavy atom. The van der Waals surface area contributed by atoms with Crippen LogP contribution in [0, 0.1) is 5.82 Å². The predicted molar refractivity (Wildman–Crippen MR) is 103 cm³/mol. The lowest BCUT2D eigenvalue weighted by atomic mass is 9.91. The lowest BCUT2D eigenvalue weighted by molar-refractivity contribution is -0.196. The topological polar surface area (TPSA) is 113 Å². The summed E-state index contributed by atoms with van der Waals surface area (Å²) in [4.78, 5) is 51.9. The molecular weight excluding hydrogens is 436 g/mol. The number of nitrogens with zero attached hydrogens (tertiary/aromatic N) is 1. The Labute approximate surface area is 175 Å². The Balaban J connectivity index is 1.99. The molecule has 0 aliphatic carbocycles. The molecule has 2 heterocycles. The molecule has 164 valence electrons. The Morgan fingerprint density at radius 1 is 0.969 bits per heavy atom. The van der Waals surface area contributed by atoms with Gasteiger partial charge < -0.3 is 10.6 Å². The van der Waals surface area contributed by atoms with Gasteiger partial charge in [0.15, 0.2) is 0 Å². The molecule has 3 N–H and O–H groups in total. The highest BCUT2D eigenvalue weighted by Gasteiger charge is 2.68. The molecule has 8 nitrogen and oxygen atoms in total. The number of alkyl halides is 3. The zero-order chi connectivity index (χ0) is 23.3. The van der Waals surface area contributed by atoms with E-state index in [1.54, 1.807) is 11.1 Å². The van der Waals surface area contributed by atoms with Crippen molar-refractivity contribution in [3.8, 4) is 5.69 Å². The first-order valence-electron chi connectivity index (χ1n) is 8.98. The monoisotopic (exact) mass is 448 g/mol. The van der Waals surface area contributed by atoms with Crippen molar-refractivity contribution in [2.45, 2.75) is 11.7 Å². The van der Waals surface area contributed by atoms with Crippen LogP contribution in [-0.2, 0) is 10.3 Å². The highest BCUT2D eigenvalue weighted by atomic mass is 19.4. The molecule has 0 spiro atoms. The minimum absolute atomic E-state index is 0.0451. The minimum atomic E-state index is -5.53. The number of hydrogen-bond acceptors (Lipinski definition) is 4. The van der Waals surface area contributed by atoms with E-state index in [1.165, 1.54) is 41.7 Å². The number of carbonyl (C=O) groups is 2. The zero-order valence-electron chi connectivity index (χ0n) is 15.8. The number of H-pyrrole nitrogens is 1. The number of amides is 2. The van der Waals surface area contributed by atoms with Gasteiger partial charge in [0.05, 0.1) is 11.3 Å². The van der Waals surface area contributed by atoms with Gasteiger partial charge in [0.25, 0.3) is 22.9 Å². The number of halogens is 4. The summed E-state index contributed by atoms with van der Waals surface area (Å²) in [7, 11) is 0. The van der Waals surface area contributed by atoms with Crippen molar-refractivity contribution in [1.82, 2.24) is 14.9 Å². The average Bonchev–Trinajstić information content (AvgIpc) is 3.02. The van der Waals surface area contributed by atoms with Gasteiger partial charge in [0.2, 0.25) is 0 Å². The maximum absolute atomic E-state index is 14.3. The second-order valence-electron chi connectivity index (χ2n) is 6.79. The highest BCUT2D eigenvalue weighted by molar-refractivity contribution is 6.09. The van der Waals surface area contributed by atoms with E-state index in [-0.39, 0.29) is 5.69 Å². The average molecular weight is 448 g/mol. The van der Waals surface area contributed by atoms with E-state index in [0.29, 0.717) is 4.57 Å². The van der Waals surface area contributed by atoms with Gasteiger partial charge >= 0.3 is 11.9 Å². The summed E-state index contributed by atoms with van der Waals surface area (Å²) >= 11 is 0. The minimum Gasteiger partial charge on any atom is -0.326 e. The van der Waals surface area contributed by atoms with E-state index in [0.717, 1.165) is 12.1 Å². The summed E-state index contributed by atoms with van der Waals surface area (Å²) in [5.41, 5.74) is -8.50. The quantitative estimate of drug-likeness (QED) is 0.531. The van der Waals surface area contributed by atoms with E-state index in [2.05, 4.69) is 0 Å². The Kier molecular flexibility index (Phi) is 4.72. The lowest BCUT2D eigenvalue weighted by Crippen LogP contribution is -2.62. The normalized spacial score (nSPS) is 17.6. The number of hydrogen-bond donors (Lipinski definition) is 3. The van der Waals surface area contributed by atoms with Crippen LogP contribution in [0.15, 0.2) is 64.2 Å². The smallest absolute Gasteiger partial charge is 0.326 e. The van der Waals surface area contributed by atoms with Crippen molar-refractivity contribution < 1.29 is 27.2 Å². The molecule has 2 amide bonds. The number of anilines is 1. The number of benzene rings is 2. The summed E-state index contributed by atoms with van der Waals surface area (Å²) < 4.78 is 57.6. The summed E-state index contributed by atoms with van der Waals surface area (Å²) in [6, 6.07) is 11.4. The van der Waals surface area contributed by atoms with Crippen molar-refractivity contribution in [2.24, 2.45) is 0 Å². The van der Waals surface area contributed by atoms with Gasteiger partial charge in [-0.15, -0.1) is 0 Å². The molecule has 32 heavy (non-hydrogen) atoms. The fraction of sp³-hybridized carbons (Fsp3) is 0.100. The number of para-hydroxylation sites is 1. The number of nitrogens with one attached hydrogen (secondary N) is 3. The largest absolute Gasteiger partial charge is 0.425 e. The summed E-state index contributed by atoms with van der Waals surface area (Å²) in [5, 5.41) is 3.37. The maximum Gasteiger partial charge on any atom is 0.425 e. The molecule has 0 unspecified atom stereocenters. The van der Waals surface area contributed by atoms with Crippen LogP contribution in [0.5, 0.6) is 0 Å². The second kappa shape index (κ2) is 7.18. The number of aromatic nitrogens is 2. The SMILES string of the molecule is O=C(N[C@]1(C(F)(F)F)C(=O)Nc2c1c(=O)[nH]c(=O)n2-c1ccccc1)c1ccccc1F. The van der Waals surface area contributed by atoms with E-state index in [9.17, 15) is 36.7 Å². The fourth-order valence-corrected chi connectivity index (χ4v) is 3.48. The van der Waals surface area contributed by atoms with Gasteiger partial charge in [0, 0.05) is 0 Å². The van der Waals surface area contributed by atoms with Gasteiger partial charge in [-0.25, -0.2) is 13.8 Å². The molecule has 0 radical (unpaired) electrons. The number of aromatic amines is 1. The Hall–Kier alpha value is -4.22. The van der Waals surface area contributed by atoms with Gasteiger partial charge in [-0.3, -0.25) is 19.4 Å². The van der Waals surface area contributed by atoms with Crippen LogP contribution in [0.4, 0.5) is 23.4 Å². The van der Waals surface area contributed by atoms with Crippen molar-refractivity contribution in [1.29, 1.82) is 0 Å². The zero-order valence-corrected chi connectivity index (χ0v) is 15.8. The van der Waals surface area contributed by atoms with E-state index in [4.69, 9.17) is 0 Å². The first-order valence-corrected chi connectivity index (χ1v) is 8.98. The van der Waals surface area contributed by atoms with Crippen LogP contribution in [0.25, 0.3) is 5.69 Å². The molecule has 4 rings (SSSR count). The number of rotatable bonds is 3. The molecule has 1 aromatic heterocycles. The van der Waals surface area contributed by atoms with Crippen molar-refractivity contribution in [3.63, 3.8) is 0 Å². The summed E-state index contributed by atoms with van der Waals surface area (Å²) in [5.74, 6) is -5.31. The molecular formula is C20H12F4N4O4. The summed E-state index contributed by atoms with van der Waals surface area (Å²) in [6.07, 6.45) is -5.53. The Morgan fingerprint density at radius 2 is 1.59 bits per heavy atom. The van der Waals surface area contributed by atoms with Gasteiger partial charge in [0.1, 0.15) is 17.2 Å². The van der Waals surface area contributed by atoms with E-state index < -0.39 is 57.5 Å².